The maximum Gasteiger partial charge on any atom is 0.142 e. The van der Waals surface area contributed by atoms with Crippen LogP contribution in [-0.2, 0) is 4.79 Å². The maximum absolute atomic E-state index is 10.6. The number of aldehydes is 1. The predicted octanol–water partition coefficient (Wildman–Crippen LogP) is 5.34. The van der Waals surface area contributed by atoms with Crippen molar-refractivity contribution in [2.45, 2.75) is 13.8 Å². The zero-order valence-corrected chi connectivity index (χ0v) is 12.9. The van der Waals surface area contributed by atoms with Crippen LogP contribution in [0, 0.1) is 13.8 Å². The van der Waals surface area contributed by atoms with Crippen molar-refractivity contribution in [3.8, 4) is 0 Å². The van der Waals surface area contributed by atoms with Crippen LogP contribution in [0.25, 0.3) is 18.2 Å². The molecule has 0 N–H and O–H groups in total. The minimum Gasteiger partial charge on any atom is -0.299 e. The third kappa shape index (κ3) is 4.17. The summed E-state index contributed by atoms with van der Waals surface area (Å²) >= 11 is 5.89. The van der Waals surface area contributed by atoms with Crippen molar-refractivity contribution in [1.82, 2.24) is 0 Å². The Morgan fingerprint density at radius 1 is 0.952 bits per heavy atom. The zero-order chi connectivity index (χ0) is 15.2. The molecule has 0 aliphatic rings. The van der Waals surface area contributed by atoms with Gasteiger partial charge in [0.2, 0.25) is 0 Å². The number of hydrogen-bond donors (Lipinski definition) is 0. The molecule has 0 aromatic heterocycles. The van der Waals surface area contributed by atoms with Crippen LogP contribution in [-0.4, -0.2) is 6.29 Å². The van der Waals surface area contributed by atoms with Gasteiger partial charge in [0.05, 0.1) is 0 Å². The number of allylic oxidation sites excluding steroid dienone is 1. The highest BCUT2D eigenvalue weighted by molar-refractivity contribution is 6.30. The molecule has 106 valence electrons. The normalized spacial score (nSPS) is 11.4. The van der Waals surface area contributed by atoms with Gasteiger partial charge in [-0.2, -0.15) is 0 Å². The zero-order valence-electron chi connectivity index (χ0n) is 12.1. The lowest BCUT2D eigenvalue weighted by atomic mass is 9.97. The molecule has 0 spiro atoms. The molecule has 0 amide bonds. The van der Waals surface area contributed by atoms with Crippen molar-refractivity contribution < 1.29 is 4.79 Å². The Bertz CT molecular complexity index is 694. The number of carbonyl (C=O) groups excluding carboxylic acids is 1. The number of benzene rings is 2. The van der Waals surface area contributed by atoms with Gasteiger partial charge in [0.25, 0.3) is 0 Å². The van der Waals surface area contributed by atoms with Crippen LogP contribution >= 0.6 is 11.6 Å². The van der Waals surface area contributed by atoms with Crippen LogP contribution in [0.1, 0.15) is 27.8 Å². The topological polar surface area (TPSA) is 17.1 Å². The van der Waals surface area contributed by atoms with Gasteiger partial charge in [-0.1, -0.05) is 59.7 Å². The quantitative estimate of drug-likeness (QED) is 0.423. The van der Waals surface area contributed by atoms with E-state index in [9.17, 15) is 4.79 Å². The summed E-state index contributed by atoms with van der Waals surface area (Å²) in [6.45, 7) is 4.12. The molecule has 0 unspecified atom stereocenters. The second kappa shape index (κ2) is 7.05. The number of carbonyl (C=O) groups is 1. The first-order valence-electron chi connectivity index (χ1n) is 6.77. The molecule has 2 aromatic rings. The molecule has 0 saturated carbocycles. The Hall–Kier alpha value is -2.12. The first-order valence-corrected chi connectivity index (χ1v) is 7.14. The fourth-order valence-corrected chi connectivity index (χ4v) is 2.40. The van der Waals surface area contributed by atoms with E-state index >= 15 is 0 Å². The molecule has 0 saturated heterocycles. The van der Waals surface area contributed by atoms with E-state index < -0.39 is 0 Å². The lowest BCUT2D eigenvalue weighted by Gasteiger charge is -2.07. The Balaban J connectivity index is 2.40. The highest BCUT2D eigenvalue weighted by atomic mass is 35.5. The number of aryl methyl sites for hydroxylation is 2. The second-order valence-electron chi connectivity index (χ2n) is 4.96. The fraction of sp³-hybridized carbons (Fsp3) is 0.105. The van der Waals surface area contributed by atoms with E-state index in [0.29, 0.717) is 0 Å². The molecule has 2 aromatic carbocycles. The SMILES string of the molecule is Cc1cc(C)c(/C=C/C=O)c(/C=C/c2ccc(Cl)cc2)c1. The molecule has 0 aliphatic heterocycles. The largest absolute Gasteiger partial charge is 0.299 e. The standard InChI is InChI=1S/C19H17ClO/c1-14-12-15(2)19(4-3-11-21)17(13-14)8-5-16-6-9-18(20)10-7-16/h3-13H,1-2H3/b4-3+,8-5+. The van der Waals surface area contributed by atoms with Gasteiger partial charge in [-0.05, 0) is 54.3 Å². The summed E-state index contributed by atoms with van der Waals surface area (Å²) in [6, 6.07) is 11.9. The summed E-state index contributed by atoms with van der Waals surface area (Å²) in [7, 11) is 0. The van der Waals surface area contributed by atoms with Gasteiger partial charge >= 0.3 is 0 Å². The van der Waals surface area contributed by atoms with Gasteiger partial charge < -0.3 is 0 Å². The Morgan fingerprint density at radius 2 is 1.67 bits per heavy atom. The lowest BCUT2D eigenvalue weighted by molar-refractivity contribution is -0.104. The van der Waals surface area contributed by atoms with E-state index in [2.05, 4.69) is 32.1 Å². The van der Waals surface area contributed by atoms with E-state index in [1.807, 2.05) is 36.4 Å². The van der Waals surface area contributed by atoms with Crippen LogP contribution < -0.4 is 0 Å². The molecule has 2 rings (SSSR count). The average Bonchev–Trinajstić information content (AvgIpc) is 2.45. The summed E-state index contributed by atoms with van der Waals surface area (Å²) in [5.41, 5.74) is 5.61. The van der Waals surface area contributed by atoms with Crippen LogP contribution in [0.15, 0.2) is 42.5 Å². The van der Waals surface area contributed by atoms with E-state index in [4.69, 9.17) is 11.6 Å². The van der Waals surface area contributed by atoms with Crippen LogP contribution in [0.4, 0.5) is 0 Å². The van der Waals surface area contributed by atoms with Crippen molar-refractivity contribution >= 4 is 36.1 Å². The second-order valence-corrected chi connectivity index (χ2v) is 5.40. The smallest absolute Gasteiger partial charge is 0.142 e. The van der Waals surface area contributed by atoms with Gasteiger partial charge in [0.15, 0.2) is 0 Å². The van der Waals surface area contributed by atoms with Crippen LogP contribution in [0.5, 0.6) is 0 Å². The third-order valence-electron chi connectivity index (χ3n) is 3.23. The lowest BCUT2D eigenvalue weighted by Crippen LogP contribution is -1.89. The van der Waals surface area contributed by atoms with Crippen molar-refractivity contribution in [3.05, 3.63) is 75.3 Å². The van der Waals surface area contributed by atoms with E-state index in [1.54, 1.807) is 0 Å². The molecule has 0 fully saturated rings. The average molecular weight is 297 g/mol. The Kier molecular flexibility index (Phi) is 5.13. The van der Waals surface area contributed by atoms with Crippen molar-refractivity contribution in [2.24, 2.45) is 0 Å². The van der Waals surface area contributed by atoms with Crippen molar-refractivity contribution in [2.75, 3.05) is 0 Å². The van der Waals surface area contributed by atoms with E-state index in [1.165, 1.54) is 11.6 Å². The first-order chi connectivity index (χ1) is 10.1. The molecule has 0 atom stereocenters. The third-order valence-corrected chi connectivity index (χ3v) is 3.48. The summed E-state index contributed by atoms with van der Waals surface area (Å²) in [6.07, 6.45) is 8.28. The molecule has 2 heteroatoms. The molecule has 0 heterocycles. The fourth-order valence-electron chi connectivity index (χ4n) is 2.27. The summed E-state index contributed by atoms with van der Waals surface area (Å²) in [5, 5.41) is 0.730. The highest BCUT2D eigenvalue weighted by Crippen LogP contribution is 2.21. The van der Waals surface area contributed by atoms with E-state index in [-0.39, 0.29) is 0 Å². The predicted molar refractivity (Wildman–Crippen MR) is 91.4 cm³/mol. The molecular weight excluding hydrogens is 280 g/mol. The summed E-state index contributed by atoms with van der Waals surface area (Å²) in [5.74, 6) is 0. The summed E-state index contributed by atoms with van der Waals surface area (Å²) in [4.78, 5) is 10.6. The molecule has 0 bridgehead atoms. The minimum absolute atomic E-state index is 0.730. The Morgan fingerprint density at radius 3 is 2.33 bits per heavy atom. The van der Waals surface area contributed by atoms with Gasteiger partial charge in [-0.25, -0.2) is 0 Å². The van der Waals surface area contributed by atoms with Crippen molar-refractivity contribution in [1.29, 1.82) is 0 Å². The minimum atomic E-state index is 0.730. The summed E-state index contributed by atoms with van der Waals surface area (Å²) < 4.78 is 0. The van der Waals surface area contributed by atoms with Gasteiger partial charge in [0.1, 0.15) is 6.29 Å². The van der Waals surface area contributed by atoms with Gasteiger partial charge in [0, 0.05) is 5.02 Å². The van der Waals surface area contributed by atoms with Gasteiger partial charge in [-0.15, -0.1) is 0 Å². The molecule has 1 nitrogen and oxygen atoms in total. The number of rotatable bonds is 4. The van der Waals surface area contributed by atoms with Crippen LogP contribution in [0.3, 0.4) is 0 Å². The molecule has 0 radical (unpaired) electrons. The molecular formula is C19H17ClO. The highest BCUT2D eigenvalue weighted by Gasteiger charge is 2.02. The first kappa shape index (κ1) is 15.3. The van der Waals surface area contributed by atoms with Crippen LogP contribution in [0.2, 0.25) is 5.02 Å². The van der Waals surface area contributed by atoms with E-state index in [0.717, 1.165) is 33.6 Å². The molecule has 21 heavy (non-hydrogen) atoms. The number of halogens is 1. The van der Waals surface area contributed by atoms with Crippen molar-refractivity contribution in [3.63, 3.8) is 0 Å². The number of hydrogen-bond acceptors (Lipinski definition) is 1. The Labute approximate surface area is 130 Å². The molecule has 0 aliphatic carbocycles. The van der Waals surface area contributed by atoms with Gasteiger partial charge in [-0.3, -0.25) is 4.79 Å². The monoisotopic (exact) mass is 296 g/mol. The maximum atomic E-state index is 10.6.